The second kappa shape index (κ2) is 4.58. The van der Waals surface area contributed by atoms with E-state index >= 15 is 0 Å². The van der Waals surface area contributed by atoms with E-state index in [-0.39, 0.29) is 0 Å². The van der Waals surface area contributed by atoms with Crippen molar-refractivity contribution in [1.29, 1.82) is 0 Å². The second-order valence-electron chi connectivity index (χ2n) is 5.29. The van der Waals surface area contributed by atoms with Crippen molar-refractivity contribution in [2.45, 2.75) is 45.6 Å². The van der Waals surface area contributed by atoms with Crippen LogP contribution in [0.5, 0.6) is 0 Å². The Morgan fingerprint density at radius 2 is 2.06 bits per heavy atom. The van der Waals surface area contributed by atoms with Gasteiger partial charge in [0.2, 0.25) is 5.28 Å². The molecule has 2 rings (SSSR count). The van der Waals surface area contributed by atoms with Gasteiger partial charge in [0.05, 0.1) is 0 Å². The first-order valence-electron chi connectivity index (χ1n) is 5.80. The van der Waals surface area contributed by atoms with E-state index in [1.165, 1.54) is 25.7 Å². The summed E-state index contributed by atoms with van der Waals surface area (Å²) in [6, 6.07) is 2.39. The molecule has 0 spiro atoms. The predicted octanol–water partition coefficient (Wildman–Crippen LogP) is 3.51. The SMILES string of the molecule is CC1(C)CCC(Nc2ccnc(Cl)n2)CC1. The fourth-order valence-corrected chi connectivity index (χ4v) is 2.32. The third kappa shape index (κ3) is 3.08. The van der Waals surface area contributed by atoms with Crippen LogP contribution in [0.25, 0.3) is 0 Å². The summed E-state index contributed by atoms with van der Waals surface area (Å²) in [5.41, 5.74) is 0.501. The molecule has 1 aromatic rings. The molecule has 1 N–H and O–H groups in total. The molecule has 0 radical (unpaired) electrons. The molecule has 1 fully saturated rings. The van der Waals surface area contributed by atoms with Gasteiger partial charge in [-0.1, -0.05) is 13.8 Å². The highest BCUT2D eigenvalue weighted by atomic mass is 35.5. The quantitative estimate of drug-likeness (QED) is 0.803. The van der Waals surface area contributed by atoms with Crippen LogP contribution in [0.3, 0.4) is 0 Å². The lowest BCUT2D eigenvalue weighted by Gasteiger charge is -2.34. The number of nitrogens with zero attached hydrogens (tertiary/aromatic N) is 2. The Morgan fingerprint density at radius 3 is 2.69 bits per heavy atom. The summed E-state index contributed by atoms with van der Waals surface area (Å²) in [5.74, 6) is 0.838. The number of anilines is 1. The van der Waals surface area contributed by atoms with Crippen molar-refractivity contribution < 1.29 is 0 Å². The first-order valence-corrected chi connectivity index (χ1v) is 6.18. The molecule has 3 nitrogen and oxygen atoms in total. The third-order valence-electron chi connectivity index (χ3n) is 3.32. The maximum Gasteiger partial charge on any atom is 0.224 e. The summed E-state index contributed by atoms with van der Waals surface area (Å²) < 4.78 is 0. The van der Waals surface area contributed by atoms with Crippen molar-refractivity contribution in [3.05, 3.63) is 17.5 Å². The molecule has 0 aliphatic heterocycles. The number of halogens is 1. The first-order chi connectivity index (χ1) is 7.55. The zero-order valence-electron chi connectivity index (χ0n) is 9.83. The van der Waals surface area contributed by atoms with Crippen molar-refractivity contribution in [1.82, 2.24) is 9.97 Å². The first kappa shape index (κ1) is 11.6. The number of rotatable bonds is 2. The predicted molar refractivity (Wildman–Crippen MR) is 66.7 cm³/mol. The maximum absolute atomic E-state index is 5.75. The minimum atomic E-state index is 0.307. The normalized spacial score (nSPS) is 20.7. The van der Waals surface area contributed by atoms with Gasteiger partial charge < -0.3 is 5.32 Å². The highest BCUT2D eigenvalue weighted by Crippen LogP contribution is 2.35. The van der Waals surface area contributed by atoms with Gasteiger partial charge in [-0.2, -0.15) is 0 Å². The van der Waals surface area contributed by atoms with Crippen LogP contribution in [-0.2, 0) is 0 Å². The molecule has 0 aromatic carbocycles. The molecule has 1 heterocycles. The van der Waals surface area contributed by atoms with Crippen LogP contribution in [-0.4, -0.2) is 16.0 Å². The maximum atomic E-state index is 5.75. The van der Waals surface area contributed by atoms with E-state index in [2.05, 4.69) is 29.1 Å². The van der Waals surface area contributed by atoms with Crippen LogP contribution in [0.1, 0.15) is 39.5 Å². The van der Waals surface area contributed by atoms with Crippen molar-refractivity contribution >= 4 is 17.4 Å². The van der Waals surface area contributed by atoms with E-state index < -0.39 is 0 Å². The van der Waals surface area contributed by atoms with Gasteiger partial charge in [0.1, 0.15) is 5.82 Å². The number of nitrogens with one attached hydrogen (secondary N) is 1. The van der Waals surface area contributed by atoms with Gasteiger partial charge >= 0.3 is 0 Å². The Balaban J connectivity index is 1.92. The van der Waals surface area contributed by atoms with Crippen molar-refractivity contribution in [2.75, 3.05) is 5.32 Å². The Morgan fingerprint density at radius 1 is 1.38 bits per heavy atom. The van der Waals surface area contributed by atoms with Crippen LogP contribution in [0, 0.1) is 5.41 Å². The lowest BCUT2D eigenvalue weighted by Crippen LogP contribution is -2.30. The topological polar surface area (TPSA) is 37.8 Å². The van der Waals surface area contributed by atoms with E-state index in [9.17, 15) is 0 Å². The molecular formula is C12H18ClN3. The number of aromatic nitrogens is 2. The number of hydrogen-bond donors (Lipinski definition) is 1. The Bertz CT molecular complexity index is 355. The Labute approximate surface area is 102 Å². The molecule has 1 aliphatic carbocycles. The standard InChI is InChI=1S/C12H18ClN3/c1-12(2)6-3-9(4-7-12)15-10-5-8-14-11(13)16-10/h5,8-9H,3-4,6-7H2,1-2H3,(H,14,15,16). The lowest BCUT2D eigenvalue weighted by molar-refractivity contribution is 0.232. The summed E-state index contributed by atoms with van der Waals surface area (Å²) in [7, 11) is 0. The van der Waals surface area contributed by atoms with Crippen LogP contribution in [0.2, 0.25) is 5.28 Å². The van der Waals surface area contributed by atoms with Gasteiger partial charge in [0.25, 0.3) is 0 Å². The fourth-order valence-electron chi connectivity index (χ4n) is 2.17. The summed E-state index contributed by atoms with van der Waals surface area (Å²) in [4.78, 5) is 8.02. The fraction of sp³-hybridized carbons (Fsp3) is 0.667. The van der Waals surface area contributed by atoms with E-state index in [1.54, 1.807) is 6.20 Å². The van der Waals surface area contributed by atoms with E-state index in [1.807, 2.05) is 6.07 Å². The monoisotopic (exact) mass is 239 g/mol. The minimum absolute atomic E-state index is 0.307. The van der Waals surface area contributed by atoms with Crippen LogP contribution < -0.4 is 5.32 Å². The zero-order chi connectivity index (χ0) is 11.6. The van der Waals surface area contributed by atoms with E-state index in [4.69, 9.17) is 11.6 Å². The largest absolute Gasteiger partial charge is 0.367 e. The smallest absolute Gasteiger partial charge is 0.224 e. The molecule has 1 aromatic heterocycles. The summed E-state index contributed by atoms with van der Waals surface area (Å²) >= 11 is 5.75. The second-order valence-corrected chi connectivity index (χ2v) is 5.63. The van der Waals surface area contributed by atoms with Gasteiger partial charge in [-0.05, 0) is 48.8 Å². The van der Waals surface area contributed by atoms with Crippen LogP contribution >= 0.6 is 11.6 Å². The van der Waals surface area contributed by atoms with Gasteiger partial charge in [-0.15, -0.1) is 0 Å². The summed E-state index contributed by atoms with van der Waals surface area (Å²) in [5, 5.41) is 3.73. The molecule has 0 bridgehead atoms. The van der Waals surface area contributed by atoms with Gasteiger partial charge in [-0.25, -0.2) is 9.97 Å². The van der Waals surface area contributed by atoms with Crippen molar-refractivity contribution in [3.8, 4) is 0 Å². The molecule has 1 aliphatic rings. The minimum Gasteiger partial charge on any atom is -0.367 e. The zero-order valence-corrected chi connectivity index (χ0v) is 10.6. The van der Waals surface area contributed by atoms with E-state index in [0.717, 1.165) is 5.82 Å². The third-order valence-corrected chi connectivity index (χ3v) is 3.50. The Kier molecular flexibility index (Phi) is 3.33. The average molecular weight is 240 g/mol. The summed E-state index contributed by atoms with van der Waals surface area (Å²) in [6.07, 6.45) is 6.63. The highest BCUT2D eigenvalue weighted by Gasteiger charge is 2.26. The molecule has 1 saturated carbocycles. The van der Waals surface area contributed by atoms with Crippen molar-refractivity contribution in [2.24, 2.45) is 5.41 Å². The molecule has 16 heavy (non-hydrogen) atoms. The lowest BCUT2D eigenvalue weighted by atomic mass is 9.75. The Hall–Kier alpha value is -0.830. The molecule has 4 heteroatoms. The highest BCUT2D eigenvalue weighted by molar-refractivity contribution is 6.28. The summed E-state index contributed by atoms with van der Waals surface area (Å²) in [6.45, 7) is 4.68. The molecule has 0 atom stereocenters. The van der Waals surface area contributed by atoms with Gasteiger partial charge in [-0.3, -0.25) is 0 Å². The number of hydrogen-bond acceptors (Lipinski definition) is 3. The van der Waals surface area contributed by atoms with Crippen LogP contribution in [0.15, 0.2) is 12.3 Å². The molecule has 0 unspecified atom stereocenters. The van der Waals surface area contributed by atoms with Gasteiger partial charge in [0, 0.05) is 12.2 Å². The molecule has 0 amide bonds. The molecular weight excluding hydrogens is 222 g/mol. The molecule has 88 valence electrons. The molecule has 0 saturated heterocycles. The van der Waals surface area contributed by atoms with E-state index in [0.29, 0.717) is 16.7 Å². The average Bonchev–Trinajstić information content (AvgIpc) is 2.21. The van der Waals surface area contributed by atoms with Crippen molar-refractivity contribution in [3.63, 3.8) is 0 Å². The van der Waals surface area contributed by atoms with Gasteiger partial charge in [0.15, 0.2) is 0 Å². The van der Waals surface area contributed by atoms with Crippen LogP contribution in [0.4, 0.5) is 5.82 Å².